The molecule has 0 N–H and O–H groups in total. The molecule has 1 aliphatic heterocycles. The Bertz CT molecular complexity index is 225. The summed E-state index contributed by atoms with van der Waals surface area (Å²) in [4.78, 5) is 13.2. The summed E-state index contributed by atoms with van der Waals surface area (Å²) < 4.78 is 6.05. The first kappa shape index (κ1) is 11.6. The zero-order valence-corrected chi connectivity index (χ0v) is 9.67. The molecule has 0 aromatic carbocycles. The number of nitrogens with zero attached hydrogens (tertiary/aromatic N) is 2. The molecule has 4 nitrogen and oxygen atoms in total. The SMILES string of the molecule is CCCN(C)CC1(C)COC(=O)N1Cl. The fraction of sp³-hybridized carbons (Fsp3) is 0.889. The first-order chi connectivity index (χ1) is 6.49. The third kappa shape index (κ3) is 2.30. The van der Waals surface area contributed by atoms with Crippen LogP contribution in [0.3, 0.4) is 0 Å². The van der Waals surface area contributed by atoms with Gasteiger partial charge >= 0.3 is 6.09 Å². The number of rotatable bonds is 4. The monoisotopic (exact) mass is 220 g/mol. The Balaban J connectivity index is 2.54. The van der Waals surface area contributed by atoms with Crippen molar-refractivity contribution < 1.29 is 9.53 Å². The largest absolute Gasteiger partial charge is 0.446 e. The minimum Gasteiger partial charge on any atom is -0.446 e. The van der Waals surface area contributed by atoms with Gasteiger partial charge in [0.05, 0.1) is 0 Å². The van der Waals surface area contributed by atoms with Crippen LogP contribution < -0.4 is 0 Å². The van der Waals surface area contributed by atoms with E-state index in [1.807, 2.05) is 14.0 Å². The predicted molar refractivity (Wildman–Crippen MR) is 55.2 cm³/mol. The molecule has 82 valence electrons. The van der Waals surface area contributed by atoms with E-state index in [1.54, 1.807) is 0 Å². The minimum atomic E-state index is -0.445. The molecule has 1 saturated heterocycles. The van der Waals surface area contributed by atoms with Gasteiger partial charge in [0.2, 0.25) is 0 Å². The molecule has 1 fully saturated rings. The average molecular weight is 221 g/mol. The number of carbonyl (C=O) groups excluding carboxylic acids is 1. The maximum atomic E-state index is 11.1. The van der Waals surface area contributed by atoms with Crippen LogP contribution in [-0.4, -0.2) is 47.7 Å². The number of ether oxygens (including phenoxy) is 1. The Kier molecular flexibility index (Phi) is 3.61. The van der Waals surface area contributed by atoms with Crippen LogP contribution in [0.15, 0.2) is 0 Å². The van der Waals surface area contributed by atoms with E-state index in [4.69, 9.17) is 16.5 Å². The van der Waals surface area contributed by atoms with E-state index >= 15 is 0 Å². The van der Waals surface area contributed by atoms with Gasteiger partial charge in [-0.25, -0.2) is 9.21 Å². The molecule has 1 heterocycles. The van der Waals surface area contributed by atoms with Gasteiger partial charge in [-0.15, -0.1) is 0 Å². The topological polar surface area (TPSA) is 32.8 Å². The second kappa shape index (κ2) is 4.36. The van der Waals surface area contributed by atoms with Gasteiger partial charge in [0.25, 0.3) is 0 Å². The van der Waals surface area contributed by atoms with E-state index in [9.17, 15) is 4.79 Å². The van der Waals surface area contributed by atoms with Crippen LogP contribution in [-0.2, 0) is 4.74 Å². The summed E-state index contributed by atoms with van der Waals surface area (Å²) in [5.41, 5.74) is -0.400. The molecular formula is C9H17ClN2O2. The van der Waals surface area contributed by atoms with E-state index in [0.29, 0.717) is 6.61 Å². The molecule has 14 heavy (non-hydrogen) atoms. The molecule has 0 aliphatic carbocycles. The van der Waals surface area contributed by atoms with E-state index in [2.05, 4.69) is 11.8 Å². The van der Waals surface area contributed by atoms with Crippen molar-refractivity contribution >= 4 is 17.9 Å². The second-order valence-electron chi connectivity index (χ2n) is 4.07. The fourth-order valence-electron chi connectivity index (χ4n) is 1.70. The van der Waals surface area contributed by atoms with Crippen molar-refractivity contribution in [3.8, 4) is 0 Å². The fourth-order valence-corrected chi connectivity index (χ4v) is 1.85. The quantitative estimate of drug-likeness (QED) is 0.676. The van der Waals surface area contributed by atoms with Gasteiger partial charge in [-0.3, -0.25) is 0 Å². The third-order valence-electron chi connectivity index (χ3n) is 2.36. The van der Waals surface area contributed by atoms with Crippen molar-refractivity contribution in [2.24, 2.45) is 0 Å². The summed E-state index contributed by atoms with van der Waals surface area (Å²) in [5, 5.41) is 0. The average Bonchev–Trinajstić information content (AvgIpc) is 2.34. The molecule has 0 spiro atoms. The highest BCUT2D eigenvalue weighted by Gasteiger charge is 2.43. The Morgan fingerprint density at radius 1 is 1.71 bits per heavy atom. The number of hydrogen-bond acceptors (Lipinski definition) is 3. The molecule has 0 aromatic rings. The van der Waals surface area contributed by atoms with Crippen molar-refractivity contribution in [2.45, 2.75) is 25.8 Å². The lowest BCUT2D eigenvalue weighted by Gasteiger charge is -2.30. The third-order valence-corrected chi connectivity index (χ3v) is 2.90. The number of hydrogen-bond donors (Lipinski definition) is 0. The van der Waals surface area contributed by atoms with Crippen molar-refractivity contribution in [3.05, 3.63) is 0 Å². The number of carbonyl (C=O) groups is 1. The Morgan fingerprint density at radius 2 is 2.36 bits per heavy atom. The summed E-state index contributed by atoms with van der Waals surface area (Å²) in [6.45, 7) is 6.14. The smallest absolute Gasteiger partial charge is 0.425 e. The van der Waals surface area contributed by atoms with Crippen LogP contribution in [0.25, 0.3) is 0 Å². The standard InChI is InChI=1S/C9H17ClN2O2/c1-4-5-11(3)6-9(2)7-14-8(13)12(9)10/h4-7H2,1-3H3. The van der Waals surface area contributed by atoms with Crippen molar-refractivity contribution in [3.63, 3.8) is 0 Å². The van der Waals surface area contributed by atoms with E-state index in [0.717, 1.165) is 19.5 Å². The number of likely N-dealkylation sites (N-methyl/N-ethyl adjacent to an activating group) is 1. The van der Waals surface area contributed by atoms with Gasteiger partial charge in [0.1, 0.15) is 12.1 Å². The molecule has 0 radical (unpaired) electrons. The van der Waals surface area contributed by atoms with E-state index in [-0.39, 0.29) is 0 Å². The van der Waals surface area contributed by atoms with Gasteiger partial charge in [0.15, 0.2) is 0 Å². The first-order valence-electron chi connectivity index (χ1n) is 4.81. The summed E-state index contributed by atoms with van der Waals surface area (Å²) >= 11 is 5.85. The minimum absolute atomic E-state index is 0.364. The highest BCUT2D eigenvalue weighted by atomic mass is 35.5. The van der Waals surface area contributed by atoms with Gasteiger partial charge in [-0.2, -0.15) is 0 Å². The molecule has 0 aromatic heterocycles. The second-order valence-corrected chi connectivity index (χ2v) is 4.41. The molecule has 1 atom stereocenters. The van der Waals surface area contributed by atoms with Crippen molar-refractivity contribution in [2.75, 3.05) is 26.7 Å². The first-order valence-corrected chi connectivity index (χ1v) is 5.15. The lowest BCUT2D eigenvalue weighted by molar-refractivity contribution is 0.166. The number of cyclic esters (lactones) is 1. The maximum absolute atomic E-state index is 11.1. The van der Waals surface area contributed by atoms with Crippen molar-refractivity contribution in [1.29, 1.82) is 0 Å². The van der Waals surface area contributed by atoms with Crippen molar-refractivity contribution in [1.82, 2.24) is 9.32 Å². The zero-order chi connectivity index (χ0) is 10.8. The highest BCUT2D eigenvalue weighted by molar-refractivity contribution is 6.21. The molecule has 0 saturated carbocycles. The Morgan fingerprint density at radius 3 is 2.79 bits per heavy atom. The van der Waals surface area contributed by atoms with Crippen LogP contribution in [0.5, 0.6) is 0 Å². The van der Waals surface area contributed by atoms with Gasteiger partial charge in [-0.05, 0) is 26.9 Å². The number of halogens is 1. The Hall–Kier alpha value is -0.480. The van der Waals surface area contributed by atoms with Crippen LogP contribution in [0.4, 0.5) is 4.79 Å². The normalized spacial score (nSPS) is 27.2. The van der Waals surface area contributed by atoms with Gasteiger partial charge < -0.3 is 9.64 Å². The highest BCUT2D eigenvalue weighted by Crippen LogP contribution is 2.26. The maximum Gasteiger partial charge on any atom is 0.425 e. The summed E-state index contributed by atoms with van der Waals surface area (Å²) in [6.07, 6.45) is 0.642. The molecule has 5 heteroatoms. The molecule has 1 aliphatic rings. The molecular weight excluding hydrogens is 204 g/mol. The lowest BCUT2D eigenvalue weighted by Crippen LogP contribution is -2.48. The summed E-state index contributed by atoms with van der Waals surface area (Å²) in [6, 6.07) is 0. The molecule has 0 bridgehead atoms. The predicted octanol–water partition coefficient (Wildman–Crippen LogP) is 1.69. The zero-order valence-electron chi connectivity index (χ0n) is 8.92. The molecule has 1 amide bonds. The van der Waals surface area contributed by atoms with Crippen LogP contribution in [0.1, 0.15) is 20.3 Å². The molecule has 1 unspecified atom stereocenters. The molecule has 1 rings (SSSR count). The lowest BCUT2D eigenvalue weighted by atomic mass is 10.0. The van der Waals surface area contributed by atoms with Crippen LogP contribution >= 0.6 is 11.8 Å². The Labute approximate surface area is 89.9 Å². The number of amides is 1. The van der Waals surface area contributed by atoms with Crippen LogP contribution in [0.2, 0.25) is 0 Å². The summed E-state index contributed by atoms with van der Waals surface area (Å²) in [7, 11) is 2.02. The van der Waals surface area contributed by atoms with Crippen LogP contribution in [0, 0.1) is 0 Å². The van der Waals surface area contributed by atoms with E-state index < -0.39 is 11.6 Å². The van der Waals surface area contributed by atoms with E-state index in [1.165, 1.54) is 4.42 Å². The van der Waals surface area contributed by atoms with Gasteiger partial charge in [-0.1, -0.05) is 6.92 Å². The summed E-state index contributed by atoms with van der Waals surface area (Å²) in [5.74, 6) is 0. The van der Waals surface area contributed by atoms with Gasteiger partial charge in [0, 0.05) is 18.3 Å².